The SMILES string of the molecule is CCC1CCC(NC(=O)COc2ccccc2N)C1C. The van der Waals surface area contributed by atoms with Crippen LogP contribution in [0.1, 0.15) is 33.1 Å². The Morgan fingerprint density at radius 2 is 2.15 bits per heavy atom. The third kappa shape index (κ3) is 3.44. The van der Waals surface area contributed by atoms with Gasteiger partial charge in [0.1, 0.15) is 5.75 Å². The Morgan fingerprint density at radius 1 is 1.40 bits per heavy atom. The van der Waals surface area contributed by atoms with Gasteiger partial charge in [-0.1, -0.05) is 32.4 Å². The van der Waals surface area contributed by atoms with Crippen LogP contribution in [0.15, 0.2) is 24.3 Å². The van der Waals surface area contributed by atoms with E-state index in [-0.39, 0.29) is 18.6 Å². The summed E-state index contributed by atoms with van der Waals surface area (Å²) in [6, 6.07) is 7.50. The van der Waals surface area contributed by atoms with Gasteiger partial charge in [-0.15, -0.1) is 0 Å². The zero-order chi connectivity index (χ0) is 14.5. The second-order valence-corrected chi connectivity index (χ2v) is 5.61. The molecule has 4 nitrogen and oxygen atoms in total. The molecule has 110 valence electrons. The van der Waals surface area contributed by atoms with Crippen LogP contribution in [0.5, 0.6) is 5.75 Å². The standard InChI is InChI=1S/C16H24N2O2/c1-3-12-8-9-14(11(12)2)18-16(19)10-20-15-7-5-4-6-13(15)17/h4-7,11-12,14H,3,8-10,17H2,1-2H3,(H,18,19). The lowest BCUT2D eigenvalue weighted by molar-refractivity contribution is -0.124. The van der Waals surface area contributed by atoms with Crippen LogP contribution in [-0.2, 0) is 4.79 Å². The number of rotatable bonds is 5. The third-order valence-corrected chi connectivity index (χ3v) is 4.38. The number of carbonyl (C=O) groups excluding carboxylic acids is 1. The van der Waals surface area contributed by atoms with Crippen LogP contribution in [0.3, 0.4) is 0 Å². The lowest BCUT2D eigenvalue weighted by Crippen LogP contribution is -2.40. The minimum absolute atomic E-state index is 0.0220. The van der Waals surface area contributed by atoms with E-state index in [1.54, 1.807) is 12.1 Å². The number of nitrogen functional groups attached to an aromatic ring is 1. The first-order chi connectivity index (χ1) is 9.61. The minimum Gasteiger partial charge on any atom is -0.482 e. The van der Waals surface area contributed by atoms with Crippen molar-refractivity contribution in [1.82, 2.24) is 5.32 Å². The number of hydrogen-bond donors (Lipinski definition) is 2. The lowest BCUT2D eigenvalue weighted by Gasteiger charge is -2.21. The van der Waals surface area contributed by atoms with Crippen molar-refractivity contribution in [2.24, 2.45) is 11.8 Å². The van der Waals surface area contributed by atoms with Crippen LogP contribution < -0.4 is 15.8 Å². The van der Waals surface area contributed by atoms with E-state index in [0.29, 0.717) is 17.4 Å². The van der Waals surface area contributed by atoms with Crippen molar-refractivity contribution in [1.29, 1.82) is 0 Å². The predicted octanol–water partition coefficient (Wildman–Crippen LogP) is 2.59. The molecule has 0 bridgehead atoms. The number of ether oxygens (including phenoxy) is 1. The summed E-state index contributed by atoms with van der Waals surface area (Å²) in [6.45, 7) is 4.46. The maximum absolute atomic E-state index is 11.9. The maximum atomic E-state index is 11.9. The van der Waals surface area contributed by atoms with Crippen molar-refractivity contribution < 1.29 is 9.53 Å². The fourth-order valence-corrected chi connectivity index (χ4v) is 3.03. The number of benzene rings is 1. The van der Waals surface area contributed by atoms with Crippen molar-refractivity contribution in [3.8, 4) is 5.75 Å². The molecule has 1 aliphatic carbocycles. The third-order valence-electron chi connectivity index (χ3n) is 4.38. The Hall–Kier alpha value is -1.71. The Morgan fingerprint density at radius 3 is 2.80 bits per heavy atom. The topological polar surface area (TPSA) is 64.3 Å². The van der Waals surface area contributed by atoms with Gasteiger partial charge in [-0.3, -0.25) is 4.79 Å². The average molecular weight is 276 g/mol. The highest BCUT2D eigenvalue weighted by Gasteiger charge is 2.32. The van der Waals surface area contributed by atoms with Gasteiger partial charge in [0, 0.05) is 6.04 Å². The van der Waals surface area contributed by atoms with Gasteiger partial charge in [0.05, 0.1) is 5.69 Å². The summed E-state index contributed by atoms with van der Waals surface area (Å²) in [7, 11) is 0. The molecule has 3 N–H and O–H groups in total. The monoisotopic (exact) mass is 276 g/mol. The van der Waals surface area contributed by atoms with E-state index in [1.807, 2.05) is 12.1 Å². The van der Waals surface area contributed by atoms with Crippen molar-refractivity contribution in [3.05, 3.63) is 24.3 Å². The summed E-state index contributed by atoms with van der Waals surface area (Å²) in [5, 5.41) is 3.08. The molecule has 1 saturated carbocycles. The zero-order valence-corrected chi connectivity index (χ0v) is 12.3. The first-order valence-corrected chi connectivity index (χ1v) is 7.38. The van der Waals surface area contributed by atoms with Gasteiger partial charge >= 0.3 is 0 Å². The van der Waals surface area contributed by atoms with Crippen molar-refractivity contribution in [2.45, 2.75) is 39.2 Å². The molecule has 0 aromatic heterocycles. The first kappa shape index (κ1) is 14.7. The molecule has 1 fully saturated rings. The largest absolute Gasteiger partial charge is 0.482 e. The van der Waals surface area contributed by atoms with E-state index in [0.717, 1.165) is 12.3 Å². The van der Waals surface area contributed by atoms with Crippen LogP contribution >= 0.6 is 0 Å². The Labute approximate surface area is 120 Å². The summed E-state index contributed by atoms with van der Waals surface area (Å²) >= 11 is 0. The van der Waals surface area contributed by atoms with Gasteiger partial charge in [0.2, 0.25) is 0 Å². The van der Waals surface area contributed by atoms with Gasteiger partial charge < -0.3 is 15.8 Å². The molecule has 0 saturated heterocycles. The van der Waals surface area contributed by atoms with Crippen LogP contribution in [-0.4, -0.2) is 18.6 Å². The molecule has 3 atom stereocenters. The molecule has 3 unspecified atom stereocenters. The van der Waals surface area contributed by atoms with E-state index in [2.05, 4.69) is 19.2 Å². The van der Waals surface area contributed by atoms with Gasteiger partial charge in [0.25, 0.3) is 5.91 Å². The van der Waals surface area contributed by atoms with Gasteiger partial charge in [-0.2, -0.15) is 0 Å². The number of anilines is 1. The molecule has 20 heavy (non-hydrogen) atoms. The molecule has 1 amide bonds. The smallest absolute Gasteiger partial charge is 0.258 e. The Bertz CT molecular complexity index is 462. The second-order valence-electron chi connectivity index (χ2n) is 5.61. The Balaban J connectivity index is 1.80. The highest BCUT2D eigenvalue weighted by Crippen LogP contribution is 2.33. The molecule has 0 aliphatic heterocycles. The van der Waals surface area contributed by atoms with E-state index >= 15 is 0 Å². The fraction of sp³-hybridized carbons (Fsp3) is 0.562. The van der Waals surface area contributed by atoms with Crippen LogP contribution in [0.25, 0.3) is 0 Å². The highest BCUT2D eigenvalue weighted by atomic mass is 16.5. The summed E-state index contributed by atoms with van der Waals surface area (Å²) in [5.41, 5.74) is 6.33. The maximum Gasteiger partial charge on any atom is 0.258 e. The van der Waals surface area contributed by atoms with E-state index in [9.17, 15) is 4.79 Å². The molecule has 2 rings (SSSR count). The van der Waals surface area contributed by atoms with Gasteiger partial charge in [-0.05, 0) is 36.8 Å². The van der Waals surface area contributed by atoms with E-state index < -0.39 is 0 Å². The predicted molar refractivity (Wildman–Crippen MR) is 80.5 cm³/mol. The lowest BCUT2D eigenvalue weighted by atomic mass is 9.93. The molecule has 4 heteroatoms. The highest BCUT2D eigenvalue weighted by molar-refractivity contribution is 5.78. The fourth-order valence-electron chi connectivity index (χ4n) is 3.03. The second kappa shape index (κ2) is 6.64. The molecule has 1 aromatic carbocycles. The molecule has 1 aliphatic rings. The molecule has 0 radical (unpaired) electrons. The summed E-state index contributed by atoms with van der Waals surface area (Å²) in [5.74, 6) is 1.77. The number of nitrogens with one attached hydrogen (secondary N) is 1. The van der Waals surface area contributed by atoms with Crippen molar-refractivity contribution in [3.63, 3.8) is 0 Å². The first-order valence-electron chi connectivity index (χ1n) is 7.38. The number of nitrogens with two attached hydrogens (primary N) is 1. The molecule has 1 aromatic rings. The van der Waals surface area contributed by atoms with Crippen LogP contribution in [0, 0.1) is 11.8 Å². The average Bonchev–Trinajstić information content (AvgIpc) is 2.79. The van der Waals surface area contributed by atoms with Crippen LogP contribution in [0.2, 0.25) is 0 Å². The molecular formula is C16H24N2O2. The van der Waals surface area contributed by atoms with Crippen molar-refractivity contribution in [2.75, 3.05) is 12.3 Å². The van der Waals surface area contributed by atoms with Crippen molar-refractivity contribution >= 4 is 11.6 Å². The number of carbonyl (C=O) groups is 1. The quantitative estimate of drug-likeness (QED) is 0.812. The van der Waals surface area contributed by atoms with E-state index in [4.69, 9.17) is 10.5 Å². The normalized spacial score (nSPS) is 25.4. The minimum atomic E-state index is -0.0677. The zero-order valence-electron chi connectivity index (χ0n) is 12.3. The van der Waals surface area contributed by atoms with E-state index in [1.165, 1.54) is 12.8 Å². The van der Waals surface area contributed by atoms with Crippen LogP contribution in [0.4, 0.5) is 5.69 Å². The summed E-state index contributed by atoms with van der Waals surface area (Å²) < 4.78 is 5.46. The Kier molecular flexibility index (Phi) is 4.88. The van der Waals surface area contributed by atoms with Gasteiger partial charge in [-0.25, -0.2) is 0 Å². The molecule has 0 spiro atoms. The summed E-state index contributed by atoms with van der Waals surface area (Å²) in [6.07, 6.45) is 3.46. The summed E-state index contributed by atoms with van der Waals surface area (Å²) in [4.78, 5) is 11.9. The number of hydrogen-bond acceptors (Lipinski definition) is 3. The number of para-hydroxylation sites is 2. The molecular weight excluding hydrogens is 252 g/mol. The molecule has 0 heterocycles. The number of amides is 1. The van der Waals surface area contributed by atoms with Gasteiger partial charge in [0.15, 0.2) is 6.61 Å².